The maximum atomic E-state index is 11.3. The lowest BCUT2D eigenvalue weighted by molar-refractivity contribution is -0.337. The van der Waals surface area contributed by atoms with E-state index in [-0.39, 0.29) is 6.29 Å². The first-order valence-corrected chi connectivity index (χ1v) is 10.4. The lowest BCUT2D eigenvalue weighted by Gasteiger charge is -2.43. The summed E-state index contributed by atoms with van der Waals surface area (Å²) in [5, 5.41) is 107. The van der Waals surface area contributed by atoms with Gasteiger partial charge in [-0.1, -0.05) is 0 Å². The van der Waals surface area contributed by atoms with Gasteiger partial charge in [-0.05, 0) is 0 Å². The molecule has 16 nitrogen and oxygen atoms in total. The standard InChI is InChI=1S/C18H32O16/c19-1-5(22)9(23)10(24)6(2-20)33-18-16(30)14(28)12(26)8(34-18)4-31-17-15(29)13(27)11(25)7(3-21)32-17/h2,5-19,21-30H,1,3-4H2/t5-,6+,7-,8-,9-,10-,11+,12-,13+,14+,15-,16+,17-,18+/m1/s1. The van der Waals surface area contributed by atoms with Gasteiger partial charge in [0.1, 0.15) is 73.2 Å². The zero-order valence-electron chi connectivity index (χ0n) is 17.7. The molecule has 0 aliphatic carbocycles. The Morgan fingerprint density at radius 2 is 1.26 bits per heavy atom. The fraction of sp³-hybridized carbons (Fsp3) is 0.944. The maximum Gasteiger partial charge on any atom is 0.187 e. The molecule has 2 heterocycles. The number of ether oxygens (including phenoxy) is 4. The molecule has 0 amide bonds. The summed E-state index contributed by atoms with van der Waals surface area (Å²) in [5.41, 5.74) is 0. The smallest absolute Gasteiger partial charge is 0.187 e. The molecule has 0 bridgehead atoms. The molecular formula is C18H32O16. The van der Waals surface area contributed by atoms with Gasteiger partial charge in [0.2, 0.25) is 0 Å². The van der Waals surface area contributed by atoms with Crippen LogP contribution < -0.4 is 0 Å². The third-order valence-corrected chi connectivity index (χ3v) is 5.63. The highest BCUT2D eigenvalue weighted by Crippen LogP contribution is 2.27. The van der Waals surface area contributed by atoms with Gasteiger partial charge in [0.15, 0.2) is 18.9 Å². The summed E-state index contributed by atoms with van der Waals surface area (Å²) in [4.78, 5) is 11.3. The van der Waals surface area contributed by atoms with E-state index in [1.165, 1.54) is 0 Å². The summed E-state index contributed by atoms with van der Waals surface area (Å²) in [6.07, 6.45) is -24.9. The topological polar surface area (TPSA) is 277 Å². The fourth-order valence-corrected chi connectivity index (χ4v) is 3.44. The Morgan fingerprint density at radius 3 is 1.79 bits per heavy atom. The molecule has 200 valence electrons. The van der Waals surface area contributed by atoms with Crippen LogP contribution in [-0.4, -0.2) is 168 Å². The third kappa shape index (κ3) is 6.44. The second-order valence-corrected chi connectivity index (χ2v) is 8.01. The normalized spacial score (nSPS) is 42.6. The zero-order valence-corrected chi connectivity index (χ0v) is 17.7. The zero-order chi connectivity index (χ0) is 25.7. The van der Waals surface area contributed by atoms with Crippen molar-refractivity contribution >= 4 is 6.29 Å². The molecular weight excluding hydrogens is 472 g/mol. The van der Waals surface area contributed by atoms with Crippen molar-refractivity contribution in [1.82, 2.24) is 0 Å². The molecule has 14 atom stereocenters. The predicted octanol–water partition coefficient (Wildman–Crippen LogP) is -7.73. The minimum atomic E-state index is -2.08. The van der Waals surface area contributed by atoms with Gasteiger partial charge in [0.05, 0.1) is 19.8 Å². The van der Waals surface area contributed by atoms with Crippen LogP contribution in [0.25, 0.3) is 0 Å². The Balaban J connectivity index is 2.05. The van der Waals surface area contributed by atoms with Crippen molar-refractivity contribution in [3.8, 4) is 0 Å². The molecule has 0 aromatic rings. The second-order valence-electron chi connectivity index (χ2n) is 8.01. The molecule has 2 fully saturated rings. The summed E-state index contributed by atoms with van der Waals surface area (Å²) < 4.78 is 20.8. The minimum absolute atomic E-state index is 0.00490. The first kappa shape index (κ1) is 29.3. The van der Waals surface area contributed by atoms with Crippen LogP contribution >= 0.6 is 0 Å². The van der Waals surface area contributed by atoms with E-state index in [1.54, 1.807) is 0 Å². The van der Waals surface area contributed by atoms with Gasteiger partial charge in [-0.3, -0.25) is 0 Å². The lowest BCUT2D eigenvalue weighted by Crippen LogP contribution is -2.62. The molecule has 0 spiro atoms. The summed E-state index contributed by atoms with van der Waals surface area (Å²) in [6, 6.07) is 0. The third-order valence-electron chi connectivity index (χ3n) is 5.63. The Bertz CT molecular complexity index is 623. The highest BCUT2D eigenvalue weighted by Gasteiger charge is 2.48. The van der Waals surface area contributed by atoms with Crippen molar-refractivity contribution in [1.29, 1.82) is 0 Å². The molecule has 0 aromatic carbocycles. The van der Waals surface area contributed by atoms with Crippen molar-refractivity contribution < 1.29 is 79.9 Å². The molecule has 0 saturated carbocycles. The van der Waals surface area contributed by atoms with Gasteiger partial charge in [0.25, 0.3) is 0 Å². The quantitative estimate of drug-likeness (QED) is 0.117. The summed E-state index contributed by atoms with van der Waals surface area (Å²) in [6.45, 7) is -2.33. The van der Waals surface area contributed by atoms with Crippen LogP contribution in [0.1, 0.15) is 0 Å². The van der Waals surface area contributed by atoms with Crippen molar-refractivity contribution in [3.05, 3.63) is 0 Å². The number of aliphatic hydroxyl groups is 11. The molecule has 2 aliphatic rings. The van der Waals surface area contributed by atoms with Crippen molar-refractivity contribution in [2.24, 2.45) is 0 Å². The van der Waals surface area contributed by atoms with Crippen molar-refractivity contribution in [2.75, 3.05) is 19.8 Å². The van der Waals surface area contributed by atoms with E-state index in [9.17, 15) is 55.9 Å². The highest BCUT2D eigenvalue weighted by molar-refractivity contribution is 5.57. The van der Waals surface area contributed by atoms with Gasteiger partial charge in [0, 0.05) is 0 Å². The Kier molecular flexibility index (Phi) is 11.1. The molecule has 0 radical (unpaired) electrons. The van der Waals surface area contributed by atoms with Crippen LogP contribution in [0.4, 0.5) is 0 Å². The number of rotatable bonds is 11. The molecule has 34 heavy (non-hydrogen) atoms. The largest absolute Gasteiger partial charge is 0.394 e. The maximum absolute atomic E-state index is 11.3. The average Bonchev–Trinajstić information content (AvgIpc) is 2.84. The van der Waals surface area contributed by atoms with Gasteiger partial charge in [-0.2, -0.15) is 0 Å². The van der Waals surface area contributed by atoms with Gasteiger partial charge in [-0.25, -0.2) is 0 Å². The molecule has 2 aliphatic heterocycles. The van der Waals surface area contributed by atoms with Crippen LogP contribution in [0.2, 0.25) is 0 Å². The SMILES string of the molecule is O=C[C@H](O[C@H]1O[C@H](CO[C@@H]2O[C@H](CO)[C@H](O)[C@H](O)[C@H]2O)[C@@H](O)[C@H](O)[C@@H]1O)[C@@H](O)[C@H](O)[C@H](O)CO. The monoisotopic (exact) mass is 504 g/mol. The van der Waals surface area contributed by atoms with Crippen LogP contribution in [0.15, 0.2) is 0 Å². The number of hydrogen-bond donors (Lipinski definition) is 11. The summed E-state index contributed by atoms with van der Waals surface area (Å²) in [5.74, 6) is 0. The van der Waals surface area contributed by atoms with E-state index < -0.39 is 106 Å². The van der Waals surface area contributed by atoms with E-state index in [2.05, 4.69) is 0 Å². The van der Waals surface area contributed by atoms with Crippen LogP contribution in [0.3, 0.4) is 0 Å². The van der Waals surface area contributed by atoms with E-state index >= 15 is 0 Å². The Labute approximate surface area is 192 Å². The molecule has 2 saturated heterocycles. The van der Waals surface area contributed by atoms with Gasteiger partial charge >= 0.3 is 0 Å². The number of carbonyl (C=O) groups is 1. The van der Waals surface area contributed by atoms with E-state index in [1.807, 2.05) is 0 Å². The Morgan fingerprint density at radius 1 is 0.735 bits per heavy atom. The Hall–Kier alpha value is -0.930. The van der Waals surface area contributed by atoms with Crippen molar-refractivity contribution in [2.45, 2.75) is 85.8 Å². The van der Waals surface area contributed by atoms with Crippen LogP contribution in [0.5, 0.6) is 0 Å². The first-order valence-electron chi connectivity index (χ1n) is 10.4. The molecule has 2 rings (SSSR count). The fourth-order valence-electron chi connectivity index (χ4n) is 3.44. The lowest BCUT2D eigenvalue weighted by atomic mass is 9.98. The molecule has 0 unspecified atom stereocenters. The van der Waals surface area contributed by atoms with Gasteiger partial charge < -0.3 is 79.9 Å². The molecule has 16 heteroatoms. The second kappa shape index (κ2) is 12.9. The number of aliphatic hydroxyl groups excluding tert-OH is 11. The van der Waals surface area contributed by atoms with Crippen LogP contribution in [-0.2, 0) is 23.7 Å². The van der Waals surface area contributed by atoms with E-state index in [4.69, 9.17) is 24.1 Å². The average molecular weight is 504 g/mol. The highest BCUT2D eigenvalue weighted by atomic mass is 16.7. The minimum Gasteiger partial charge on any atom is -0.394 e. The number of hydrogen-bond acceptors (Lipinski definition) is 16. The summed E-state index contributed by atoms with van der Waals surface area (Å²) >= 11 is 0. The first-order chi connectivity index (χ1) is 16.0. The van der Waals surface area contributed by atoms with Crippen LogP contribution in [0, 0.1) is 0 Å². The molecule has 0 aromatic heterocycles. The predicted molar refractivity (Wildman–Crippen MR) is 102 cm³/mol. The van der Waals surface area contributed by atoms with E-state index in [0.717, 1.165) is 0 Å². The van der Waals surface area contributed by atoms with Gasteiger partial charge in [-0.15, -0.1) is 0 Å². The number of carbonyl (C=O) groups excluding carboxylic acids is 1. The number of aldehydes is 1. The van der Waals surface area contributed by atoms with E-state index in [0.29, 0.717) is 0 Å². The molecule has 11 N–H and O–H groups in total. The van der Waals surface area contributed by atoms with Crippen molar-refractivity contribution in [3.63, 3.8) is 0 Å². The summed E-state index contributed by atoms with van der Waals surface area (Å²) in [7, 11) is 0.